The van der Waals surface area contributed by atoms with E-state index >= 15 is 0 Å². The maximum Gasteiger partial charge on any atom is 0.178 e. The monoisotopic (exact) mass is 271 g/mol. The van der Waals surface area contributed by atoms with E-state index in [9.17, 15) is 13.5 Å². The number of rotatable bonds is 7. The van der Waals surface area contributed by atoms with Gasteiger partial charge in [0.2, 0.25) is 0 Å². The second kappa shape index (κ2) is 6.75. The molecule has 2 N–H and O–H groups in total. The van der Waals surface area contributed by atoms with E-state index in [2.05, 4.69) is 5.32 Å². The normalized spacial score (nSPS) is 13.3. The fourth-order valence-corrected chi connectivity index (χ4v) is 2.87. The zero-order valence-corrected chi connectivity index (χ0v) is 11.7. The number of hydrogen-bond donors (Lipinski definition) is 2. The molecule has 0 spiro atoms. The van der Waals surface area contributed by atoms with Crippen LogP contribution in [0.3, 0.4) is 0 Å². The lowest BCUT2D eigenvalue weighted by molar-refractivity contribution is 0.183. The van der Waals surface area contributed by atoms with Crippen LogP contribution in [0.2, 0.25) is 0 Å². The number of nitrogens with one attached hydrogen (secondary N) is 1. The summed E-state index contributed by atoms with van der Waals surface area (Å²) in [5, 5.41) is 12.5. The average Bonchev–Trinajstić information content (AvgIpc) is 2.36. The Hall–Kier alpha value is -1.07. The molecule has 0 saturated carbocycles. The first-order chi connectivity index (χ1) is 8.49. The predicted octanol–water partition coefficient (Wildman–Crippen LogP) is 2.05. The molecule has 102 valence electrons. The van der Waals surface area contributed by atoms with E-state index in [-0.39, 0.29) is 11.9 Å². The van der Waals surface area contributed by atoms with Crippen LogP contribution in [-0.2, 0) is 9.84 Å². The molecule has 0 heterocycles. The van der Waals surface area contributed by atoms with Crippen LogP contribution in [0.5, 0.6) is 0 Å². The third kappa shape index (κ3) is 4.31. The van der Waals surface area contributed by atoms with Crippen molar-refractivity contribution in [3.05, 3.63) is 24.3 Å². The Kier molecular flexibility index (Phi) is 5.62. The van der Waals surface area contributed by atoms with E-state index in [0.29, 0.717) is 24.3 Å². The number of aliphatic hydroxyl groups excluding tert-OH is 1. The van der Waals surface area contributed by atoms with Crippen LogP contribution >= 0.6 is 0 Å². The van der Waals surface area contributed by atoms with Crippen molar-refractivity contribution in [2.75, 3.05) is 17.6 Å². The van der Waals surface area contributed by atoms with Gasteiger partial charge in [0.1, 0.15) is 0 Å². The molecule has 5 heteroatoms. The van der Waals surface area contributed by atoms with Gasteiger partial charge in [-0.3, -0.25) is 0 Å². The highest BCUT2D eigenvalue weighted by molar-refractivity contribution is 7.91. The molecule has 0 fully saturated rings. The molecule has 0 amide bonds. The minimum Gasteiger partial charge on any atom is -0.391 e. The molecular weight excluding hydrogens is 250 g/mol. The van der Waals surface area contributed by atoms with E-state index in [1.807, 2.05) is 13.8 Å². The molecule has 0 bridgehead atoms. The molecule has 1 aromatic carbocycles. The molecule has 18 heavy (non-hydrogen) atoms. The second-order valence-corrected chi connectivity index (χ2v) is 6.40. The van der Waals surface area contributed by atoms with Gasteiger partial charge in [-0.1, -0.05) is 13.8 Å². The van der Waals surface area contributed by atoms with Crippen molar-refractivity contribution in [3.63, 3.8) is 0 Å². The summed E-state index contributed by atoms with van der Waals surface area (Å²) in [5.41, 5.74) is 0.818. The molecule has 0 aliphatic heterocycles. The highest BCUT2D eigenvalue weighted by atomic mass is 32.2. The molecular formula is C13H21NO3S. The zero-order valence-electron chi connectivity index (χ0n) is 10.9. The van der Waals surface area contributed by atoms with Gasteiger partial charge in [-0.15, -0.1) is 0 Å². The fraction of sp³-hybridized carbons (Fsp3) is 0.538. The van der Waals surface area contributed by atoms with Crippen molar-refractivity contribution in [3.8, 4) is 0 Å². The minimum absolute atomic E-state index is 0.175. The second-order valence-electron chi connectivity index (χ2n) is 4.29. The van der Waals surface area contributed by atoms with Gasteiger partial charge in [-0.05, 0) is 37.1 Å². The summed E-state index contributed by atoms with van der Waals surface area (Å²) < 4.78 is 23.6. The van der Waals surface area contributed by atoms with Crippen LogP contribution in [0, 0.1) is 0 Å². The van der Waals surface area contributed by atoms with Crippen LogP contribution in [0.25, 0.3) is 0 Å². The summed E-state index contributed by atoms with van der Waals surface area (Å²) in [7, 11) is -3.14. The lowest BCUT2D eigenvalue weighted by Crippen LogP contribution is -2.18. The molecule has 0 aromatic heterocycles. The van der Waals surface area contributed by atoms with Gasteiger partial charge in [0.05, 0.1) is 16.8 Å². The summed E-state index contributed by atoms with van der Waals surface area (Å²) in [4.78, 5) is 0.353. The number of sulfone groups is 1. The van der Waals surface area contributed by atoms with E-state index in [1.165, 1.54) is 0 Å². The van der Waals surface area contributed by atoms with Crippen molar-refractivity contribution in [1.82, 2.24) is 0 Å². The fourth-order valence-electron chi connectivity index (χ4n) is 1.55. The van der Waals surface area contributed by atoms with Gasteiger partial charge < -0.3 is 10.4 Å². The van der Waals surface area contributed by atoms with Gasteiger partial charge in [0, 0.05) is 12.2 Å². The van der Waals surface area contributed by atoms with Crippen molar-refractivity contribution < 1.29 is 13.5 Å². The molecule has 1 rings (SSSR count). The molecule has 1 unspecified atom stereocenters. The third-order valence-electron chi connectivity index (χ3n) is 2.70. The molecule has 0 saturated heterocycles. The Morgan fingerprint density at radius 3 is 2.33 bits per heavy atom. The van der Waals surface area contributed by atoms with Crippen LogP contribution in [0.4, 0.5) is 5.69 Å². The lowest BCUT2D eigenvalue weighted by atomic mass is 10.2. The first-order valence-electron chi connectivity index (χ1n) is 6.24. The first kappa shape index (κ1) is 15.0. The van der Waals surface area contributed by atoms with Crippen molar-refractivity contribution >= 4 is 15.5 Å². The molecule has 4 nitrogen and oxygen atoms in total. The smallest absolute Gasteiger partial charge is 0.178 e. The SMILES string of the molecule is CCCS(=O)(=O)c1ccc(NCC(O)CC)cc1. The van der Waals surface area contributed by atoms with E-state index < -0.39 is 9.84 Å². The van der Waals surface area contributed by atoms with Gasteiger partial charge >= 0.3 is 0 Å². The highest BCUT2D eigenvalue weighted by Crippen LogP contribution is 2.16. The van der Waals surface area contributed by atoms with E-state index in [0.717, 1.165) is 5.69 Å². The minimum atomic E-state index is -3.14. The van der Waals surface area contributed by atoms with Crippen molar-refractivity contribution in [1.29, 1.82) is 0 Å². The lowest BCUT2D eigenvalue weighted by Gasteiger charge is -2.11. The summed E-state index contributed by atoms with van der Waals surface area (Å²) in [6.07, 6.45) is 0.926. The Balaban J connectivity index is 2.68. The largest absolute Gasteiger partial charge is 0.391 e. The summed E-state index contributed by atoms with van der Waals surface area (Å²) >= 11 is 0. The van der Waals surface area contributed by atoms with Crippen LogP contribution in [-0.4, -0.2) is 31.9 Å². The molecule has 1 aromatic rings. The molecule has 0 aliphatic rings. The standard InChI is InChI=1S/C13H21NO3S/c1-3-9-18(16,17)13-7-5-11(6-8-13)14-10-12(15)4-2/h5-8,12,14-15H,3-4,9-10H2,1-2H3. The van der Waals surface area contributed by atoms with Crippen molar-refractivity contribution in [2.24, 2.45) is 0 Å². The maximum atomic E-state index is 11.8. The zero-order chi connectivity index (χ0) is 13.6. The highest BCUT2D eigenvalue weighted by Gasteiger charge is 2.12. The van der Waals surface area contributed by atoms with Crippen LogP contribution in [0.15, 0.2) is 29.2 Å². The number of benzene rings is 1. The Bertz CT molecular complexity index is 454. The Morgan fingerprint density at radius 2 is 1.83 bits per heavy atom. The Morgan fingerprint density at radius 1 is 1.22 bits per heavy atom. The number of anilines is 1. The van der Waals surface area contributed by atoms with Gasteiger partial charge in [0.15, 0.2) is 9.84 Å². The van der Waals surface area contributed by atoms with Gasteiger partial charge in [0.25, 0.3) is 0 Å². The van der Waals surface area contributed by atoms with Crippen molar-refractivity contribution in [2.45, 2.75) is 37.7 Å². The topological polar surface area (TPSA) is 66.4 Å². The molecule has 0 radical (unpaired) electrons. The molecule has 0 aliphatic carbocycles. The quantitative estimate of drug-likeness (QED) is 0.796. The third-order valence-corrected chi connectivity index (χ3v) is 4.64. The summed E-state index contributed by atoms with van der Waals surface area (Å²) in [6, 6.07) is 6.66. The average molecular weight is 271 g/mol. The van der Waals surface area contributed by atoms with Crippen LogP contribution in [0.1, 0.15) is 26.7 Å². The molecule has 1 atom stereocenters. The Labute approximate surface area is 109 Å². The summed E-state index contributed by atoms with van der Waals surface area (Å²) in [6.45, 7) is 4.23. The first-order valence-corrected chi connectivity index (χ1v) is 7.89. The van der Waals surface area contributed by atoms with Gasteiger partial charge in [-0.25, -0.2) is 8.42 Å². The predicted molar refractivity (Wildman–Crippen MR) is 73.6 cm³/mol. The number of hydrogen-bond acceptors (Lipinski definition) is 4. The van der Waals surface area contributed by atoms with E-state index in [1.54, 1.807) is 24.3 Å². The van der Waals surface area contributed by atoms with Gasteiger partial charge in [-0.2, -0.15) is 0 Å². The maximum absolute atomic E-state index is 11.8. The summed E-state index contributed by atoms with van der Waals surface area (Å²) in [5.74, 6) is 0.175. The van der Waals surface area contributed by atoms with Crippen LogP contribution < -0.4 is 5.32 Å². The van der Waals surface area contributed by atoms with E-state index in [4.69, 9.17) is 0 Å². The number of aliphatic hydroxyl groups is 1.